The summed E-state index contributed by atoms with van der Waals surface area (Å²) in [5.74, 6) is 0. The number of benzene rings is 2. The molecule has 104 valence electrons. The molecule has 0 heterocycles. The van der Waals surface area contributed by atoms with Crippen molar-refractivity contribution in [3.63, 3.8) is 0 Å². The van der Waals surface area contributed by atoms with Crippen molar-refractivity contribution in [3.8, 4) is 0 Å². The third-order valence-electron chi connectivity index (χ3n) is 4.24. The molecule has 0 bridgehead atoms. The molecule has 0 spiro atoms. The molecule has 2 nitrogen and oxygen atoms in total. The third kappa shape index (κ3) is 2.92. The summed E-state index contributed by atoms with van der Waals surface area (Å²) in [4.78, 5) is 0. The largest absolute Gasteiger partial charge is 0.388 e. The lowest BCUT2D eigenvalue weighted by Gasteiger charge is -2.23. The van der Waals surface area contributed by atoms with Crippen LogP contribution in [0.2, 0.25) is 0 Å². The Balaban J connectivity index is 1.57. The first-order valence-corrected chi connectivity index (χ1v) is 7.28. The summed E-state index contributed by atoms with van der Waals surface area (Å²) in [6, 6.07) is 20.4. The molecule has 1 saturated carbocycles. The Bertz CT molecular complexity index is 534. The zero-order valence-electron chi connectivity index (χ0n) is 11.6. The van der Waals surface area contributed by atoms with Crippen molar-refractivity contribution in [2.75, 3.05) is 6.54 Å². The minimum absolute atomic E-state index is 0.0378. The zero-order chi connectivity index (χ0) is 13.8. The third-order valence-corrected chi connectivity index (χ3v) is 4.24. The Morgan fingerprint density at radius 3 is 2.15 bits per heavy atom. The van der Waals surface area contributed by atoms with Crippen LogP contribution in [0, 0.1) is 5.41 Å². The smallest absolute Gasteiger partial charge is 0.0858 e. The molecule has 1 unspecified atom stereocenters. The van der Waals surface area contributed by atoms with Crippen LogP contribution < -0.4 is 5.32 Å². The summed E-state index contributed by atoms with van der Waals surface area (Å²) in [6.07, 6.45) is 1.85. The first kappa shape index (κ1) is 13.3. The minimum atomic E-state index is -0.355. The highest BCUT2D eigenvalue weighted by Crippen LogP contribution is 2.54. The van der Waals surface area contributed by atoms with Crippen molar-refractivity contribution in [2.24, 2.45) is 5.41 Å². The molecule has 1 aliphatic rings. The molecule has 2 heteroatoms. The molecule has 0 amide bonds. The van der Waals surface area contributed by atoms with Crippen LogP contribution in [0.3, 0.4) is 0 Å². The molecule has 2 N–H and O–H groups in total. The fourth-order valence-electron chi connectivity index (χ4n) is 2.75. The number of hydrogen-bond acceptors (Lipinski definition) is 2. The van der Waals surface area contributed by atoms with Gasteiger partial charge in [-0.2, -0.15) is 0 Å². The number of aliphatic hydroxyl groups excluding tert-OH is 1. The second-order valence-electron chi connectivity index (χ2n) is 5.76. The molecule has 0 aliphatic heterocycles. The van der Waals surface area contributed by atoms with Gasteiger partial charge in [-0.25, -0.2) is 0 Å². The van der Waals surface area contributed by atoms with Crippen molar-refractivity contribution >= 4 is 0 Å². The topological polar surface area (TPSA) is 32.3 Å². The van der Waals surface area contributed by atoms with Crippen molar-refractivity contribution in [3.05, 3.63) is 71.8 Å². The highest BCUT2D eigenvalue weighted by molar-refractivity contribution is 5.22. The predicted molar refractivity (Wildman–Crippen MR) is 81.2 cm³/mol. The molecule has 0 radical (unpaired) electrons. The van der Waals surface area contributed by atoms with Crippen LogP contribution in [-0.2, 0) is 6.54 Å². The van der Waals surface area contributed by atoms with Gasteiger partial charge in [-0.15, -0.1) is 0 Å². The van der Waals surface area contributed by atoms with Crippen molar-refractivity contribution in [2.45, 2.75) is 25.5 Å². The maximum atomic E-state index is 10.6. The van der Waals surface area contributed by atoms with Gasteiger partial charge in [0.2, 0.25) is 0 Å². The highest BCUT2D eigenvalue weighted by atomic mass is 16.3. The molecular weight excluding hydrogens is 246 g/mol. The molecule has 1 fully saturated rings. The second kappa shape index (κ2) is 5.78. The summed E-state index contributed by atoms with van der Waals surface area (Å²) in [6.45, 7) is 1.74. The Morgan fingerprint density at radius 1 is 0.950 bits per heavy atom. The lowest BCUT2D eigenvalue weighted by molar-refractivity contribution is 0.0917. The summed E-state index contributed by atoms with van der Waals surface area (Å²) in [5, 5.41) is 14.1. The molecule has 20 heavy (non-hydrogen) atoms. The van der Waals surface area contributed by atoms with Gasteiger partial charge in [0.15, 0.2) is 0 Å². The summed E-state index contributed by atoms with van der Waals surface area (Å²) < 4.78 is 0. The van der Waals surface area contributed by atoms with E-state index in [9.17, 15) is 5.11 Å². The van der Waals surface area contributed by atoms with Crippen LogP contribution in [0.5, 0.6) is 0 Å². The van der Waals surface area contributed by atoms with E-state index in [0.29, 0.717) is 0 Å². The monoisotopic (exact) mass is 267 g/mol. The molecule has 3 rings (SSSR count). The van der Waals surface area contributed by atoms with E-state index in [1.807, 2.05) is 36.4 Å². The van der Waals surface area contributed by atoms with Crippen molar-refractivity contribution < 1.29 is 5.11 Å². The van der Waals surface area contributed by atoms with Crippen LogP contribution in [0.4, 0.5) is 0 Å². The maximum Gasteiger partial charge on any atom is 0.0858 e. The molecular formula is C18H21NO. The minimum Gasteiger partial charge on any atom is -0.388 e. The lowest BCUT2D eigenvalue weighted by Crippen LogP contribution is -2.28. The van der Waals surface area contributed by atoms with Gasteiger partial charge in [0, 0.05) is 18.5 Å². The first-order chi connectivity index (χ1) is 9.80. The van der Waals surface area contributed by atoms with Gasteiger partial charge in [0.25, 0.3) is 0 Å². The van der Waals surface area contributed by atoms with Crippen molar-refractivity contribution in [1.82, 2.24) is 5.32 Å². The Hall–Kier alpha value is -1.64. The SMILES string of the molecule is OC(c1ccccc1)C1(CNCc2ccccc2)CC1. The Morgan fingerprint density at radius 2 is 1.55 bits per heavy atom. The average molecular weight is 267 g/mol. The zero-order valence-corrected chi connectivity index (χ0v) is 11.6. The standard InChI is InChI=1S/C18H21NO/c20-17(16-9-5-2-6-10-16)18(11-12-18)14-19-13-15-7-3-1-4-8-15/h1-10,17,19-20H,11-14H2. The number of aliphatic hydroxyl groups is 1. The van der Waals surface area contributed by atoms with Crippen LogP contribution in [0.1, 0.15) is 30.1 Å². The Labute approximate surface area is 120 Å². The van der Waals surface area contributed by atoms with Gasteiger partial charge >= 0.3 is 0 Å². The van der Waals surface area contributed by atoms with Gasteiger partial charge in [-0.3, -0.25) is 0 Å². The molecule has 2 aromatic carbocycles. The molecule has 0 saturated heterocycles. The normalized spacial score (nSPS) is 17.6. The molecule has 1 aliphatic carbocycles. The number of nitrogens with one attached hydrogen (secondary N) is 1. The highest BCUT2D eigenvalue weighted by Gasteiger charge is 2.48. The summed E-state index contributed by atoms with van der Waals surface area (Å²) >= 11 is 0. The summed E-state index contributed by atoms with van der Waals surface area (Å²) in [5.41, 5.74) is 2.36. The second-order valence-corrected chi connectivity index (χ2v) is 5.76. The van der Waals surface area contributed by atoms with Crippen LogP contribution in [0.15, 0.2) is 60.7 Å². The van der Waals surface area contributed by atoms with Gasteiger partial charge in [-0.1, -0.05) is 60.7 Å². The van der Waals surface area contributed by atoms with Crippen LogP contribution in [0.25, 0.3) is 0 Å². The maximum absolute atomic E-state index is 10.6. The van der Waals surface area contributed by atoms with E-state index in [1.54, 1.807) is 0 Å². The fourth-order valence-corrected chi connectivity index (χ4v) is 2.75. The van der Waals surface area contributed by atoms with E-state index >= 15 is 0 Å². The fraction of sp³-hybridized carbons (Fsp3) is 0.333. The number of rotatable bonds is 6. The first-order valence-electron chi connectivity index (χ1n) is 7.28. The number of hydrogen-bond donors (Lipinski definition) is 2. The molecule has 0 aromatic heterocycles. The Kier molecular flexibility index (Phi) is 3.86. The summed E-state index contributed by atoms with van der Waals surface area (Å²) in [7, 11) is 0. The van der Waals surface area contributed by atoms with E-state index in [2.05, 4.69) is 29.6 Å². The predicted octanol–water partition coefficient (Wildman–Crippen LogP) is 3.29. The molecule has 1 atom stereocenters. The van der Waals surface area contributed by atoms with Crippen LogP contribution >= 0.6 is 0 Å². The van der Waals surface area contributed by atoms with Gasteiger partial charge in [0.1, 0.15) is 0 Å². The van der Waals surface area contributed by atoms with E-state index in [1.165, 1.54) is 5.56 Å². The van der Waals surface area contributed by atoms with Gasteiger partial charge in [0.05, 0.1) is 6.10 Å². The molecule has 2 aromatic rings. The van der Waals surface area contributed by atoms with E-state index in [0.717, 1.165) is 31.5 Å². The average Bonchev–Trinajstić information content (AvgIpc) is 3.30. The van der Waals surface area contributed by atoms with E-state index in [-0.39, 0.29) is 11.5 Å². The lowest BCUT2D eigenvalue weighted by atomic mass is 9.92. The van der Waals surface area contributed by atoms with E-state index in [4.69, 9.17) is 0 Å². The van der Waals surface area contributed by atoms with Gasteiger partial charge in [-0.05, 0) is 24.0 Å². The van der Waals surface area contributed by atoms with Crippen molar-refractivity contribution in [1.29, 1.82) is 0 Å². The van der Waals surface area contributed by atoms with Crippen LogP contribution in [-0.4, -0.2) is 11.7 Å². The quantitative estimate of drug-likeness (QED) is 0.841. The van der Waals surface area contributed by atoms with E-state index < -0.39 is 0 Å². The van der Waals surface area contributed by atoms with Gasteiger partial charge < -0.3 is 10.4 Å².